The summed E-state index contributed by atoms with van der Waals surface area (Å²) in [5, 5.41) is 2.24. The number of imide groups is 2. The van der Waals surface area contributed by atoms with Crippen molar-refractivity contribution in [3.8, 4) is 5.75 Å². The van der Waals surface area contributed by atoms with Gasteiger partial charge in [0, 0.05) is 4.47 Å². The van der Waals surface area contributed by atoms with Gasteiger partial charge in [0.15, 0.2) is 0 Å². The minimum Gasteiger partial charge on any atom is -0.488 e. The fourth-order valence-corrected chi connectivity index (χ4v) is 4.07. The number of nitrogens with zero attached hydrogens (tertiary/aromatic N) is 1. The highest BCUT2D eigenvalue weighted by atomic mass is 79.9. The zero-order chi connectivity index (χ0) is 23.4. The van der Waals surface area contributed by atoms with Crippen molar-refractivity contribution in [2.45, 2.75) is 13.3 Å². The van der Waals surface area contributed by atoms with Crippen LogP contribution in [0, 0.1) is 6.92 Å². The standard InChI is InChI=1S/C24H20Br2N2O4/c1-4-6-16-11-15(13-20(26)21(16)32-9-5-2)12-18-22(29)27-24(31)28(23(18)30)17-7-8-19(25)14(3)10-17/h4-5,7-8,10-13H,1-2,6,9H2,3H3,(H,27,29,31)/b18-12+. The lowest BCUT2D eigenvalue weighted by atomic mass is 10.0. The number of ether oxygens (including phenoxy) is 1. The minimum absolute atomic E-state index is 0.151. The number of anilines is 1. The van der Waals surface area contributed by atoms with E-state index >= 15 is 0 Å². The number of hydrogen-bond donors (Lipinski definition) is 1. The maximum Gasteiger partial charge on any atom is 0.335 e. The summed E-state index contributed by atoms with van der Waals surface area (Å²) in [4.78, 5) is 39.0. The second-order valence-corrected chi connectivity index (χ2v) is 8.68. The van der Waals surface area contributed by atoms with Gasteiger partial charge in [0.2, 0.25) is 0 Å². The number of barbiturate groups is 1. The number of rotatable bonds is 7. The third-order valence-corrected chi connectivity index (χ3v) is 6.14. The molecule has 0 unspecified atom stereocenters. The van der Waals surface area contributed by atoms with Gasteiger partial charge in [-0.15, -0.1) is 6.58 Å². The zero-order valence-corrected chi connectivity index (χ0v) is 20.5. The molecule has 1 aliphatic rings. The second-order valence-electron chi connectivity index (χ2n) is 6.97. The molecule has 6 nitrogen and oxygen atoms in total. The summed E-state index contributed by atoms with van der Waals surface area (Å²) in [5.41, 5.74) is 2.48. The van der Waals surface area contributed by atoms with Crippen molar-refractivity contribution < 1.29 is 19.1 Å². The summed E-state index contributed by atoms with van der Waals surface area (Å²) in [6.07, 6.45) is 5.34. The van der Waals surface area contributed by atoms with Crippen LogP contribution < -0.4 is 15.0 Å². The van der Waals surface area contributed by atoms with E-state index < -0.39 is 17.8 Å². The quantitative estimate of drug-likeness (QED) is 0.277. The highest BCUT2D eigenvalue weighted by Crippen LogP contribution is 2.33. The molecular formula is C24H20Br2N2O4. The predicted molar refractivity (Wildman–Crippen MR) is 132 cm³/mol. The molecule has 0 spiro atoms. The van der Waals surface area contributed by atoms with Crippen LogP contribution in [0.1, 0.15) is 16.7 Å². The molecule has 3 rings (SSSR count). The molecule has 4 amide bonds. The Morgan fingerprint density at radius 3 is 2.47 bits per heavy atom. The zero-order valence-electron chi connectivity index (χ0n) is 17.3. The number of carbonyl (C=O) groups excluding carboxylic acids is 3. The van der Waals surface area contributed by atoms with Crippen LogP contribution in [0.4, 0.5) is 10.5 Å². The minimum atomic E-state index is -0.791. The van der Waals surface area contributed by atoms with E-state index in [1.54, 1.807) is 36.4 Å². The molecule has 1 saturated heterocycles. The summed E-state index contributed by atoms with van der Waals surface area (Å²) in [7, 11) is 0. The fraction of sp³-hybridized carbons (Fsp3) is 0.125. The molecule has 1 N–H and O–H groups in total. The van der Waals surface area contributed by atoms with Gasteiger partial charge >= 0.3 is 6.03 Å². The number of aryl methyl sites for hydroxylation is 1. The molecule has 1 fully saturated rings. The number of allylic oxidation sites excluding steroid dienone is 1. The van der Waals surface area contributed by atoms with E-state index in [1.807, 2.05) is 13.0 Å². The predicted octanol–water partition coefficient (Wildman–Crippen LogP) is 5.48. The highest BCUT2D eigenvalue weighted by molar-refractivity contribution is 9.10. The molecule has 164 valence electrons. The van der Waals surface area contributed by atoms with Crippen LogP contribution in [0.5, 0.6) is 5.75 Å². The second kappa shape index (κ2) is 10.1. The Balaban J connectivity index is 2.04. The van der Waals surface area contributed by atoms with Crippen molar-refractivity contribution in [1.29, 1.82) is 0 Å². The van der Waals surface area contributed by atoms with E-state index in [2.05, 4.69) is 50.3 Å². The SMILES string of the molecule is C=CCOc1c(Br)cc(/C=C2\C(=O)NC(=O)N(c3ccc(Br)c(C)c3)C2=O)cc1CC=C. The van der Waals surface area contributed by atoms with Crippen molar-refractivity contribution >= 4 is 61.5 Å². The van der Waals surface area contributed by atoms with Gasteiger partial charge in [0.1, 0.15) is 17.9 Å². The summed E-state index contributed by atoms with van der Waals surface area (Å²) < 4.78 is 7.23. The Hall–Kier alpha value is -2.97. The average molecular weight is 560 g/mol. The van der Waals surface area contributed by atoms with Crippen molar-refractivity contribution in [3.05, 3.63) is 86.9 Å². The molecule has 1 heterocycles. The molecular weight excluding hydrogens is 540 g/mol. The van der Waals surface area contributed by atoms with Crippen LogP contribution in [0.2, 0.25) is 0 Å². The fourth-order valence-electron chi connectivity index (χ4n) is 3.19. The van der Waals surface area contributed by atoms with Gasteiger partial charge in [-0.2, -0.15) is 0 Å². The lowest BCUT2D eigenvalue weighted by Gasteiger charge is -2.26. The Kier molecular flexibility index (Phi) is 7.48. The molecule has 1 aliphatic heterocycles. The lowest BCUT2D eigenvalue weighted by molar-refractivity contribution is -0.122. The molecule has 8 heteroatoms. The third-order valence-electron chi connectivity index (χ3n) is 4.67. The van der Waals surface area contributed by atoms with Gasteiger partial charge in [0.25, 0.3) is 11.8 Å². The van der Waals surface area contributed by atoms with Gasteiger partial charge < -0.3 is 4.74 Å². The first-order valence-corrected chi connectivity index (χ1v) is 11.2. The Morgan fingerprint density at radius 1 is 1.06 bits per heavy atom. The molecule has 0 aromatic heterocycles. The van der Waals surface area contributed by atoms with Crippen LogP contribution in [-0.4, -0.2) is 24.5 Å². The van der Waals surface area contributed by atoms with Crippen molar-refractivity contribution in [2.75, 3.05) is 11.5 Å². The highest BCUT2D eigenvalue weighted by Gasteiger charge is 2.37. The normalized spacial score (nSPS) is 15.0. The first kappa shape index (κ1) is 23.7. The number of hydrogen-bond acceptors (Lipinski definition) is 4. The van der Waals surface area contributed by atoms with Crippen LogP contribution in [0.15, 0.2) is 70.2 Å². The van der Waals surface area contributed by atoms with Crippen LogP contribution in [0.3, 0.4) is 0 Å². The number of benzene rings is 2. The number of nitrogens with one attached hydrogen (secondary N) is 1. The Bertz CT molecular complexity index is 1170. The third kappa shape index (κ3) is 4.92. The molecule has 0 bridgehead atoms. The van der Waals surface area contributed by atoms with E-state index in [9.17, 15) is 14.4 Å². The number of halogens is 2. The smallest absolute Gasteiger partial charge is 0.335 e. The first-order valence-electron chi connectivity index (χ1n) is 9.61. The Morgan fingerprint density at radius 2 is 1.81 bits per heavy atom. The van der Waals surface area contributed by atoms with E-state index in [4.69, 9.17) is 4.74 Å². The summed E-state index contributed by atoms with van der Waals surface area (Å²) in [6.45, 7) is 9.59. The molecule has 32 heavy (non-hydrogen) atoms. The molecule has 2 aromatic rings. The van der Waals surface area contributed by atoms with Gasteiger partial charge in [-0.05, 0) is 82.4 Å². The molecule has 2 aromatic carbocycles. The van der Waals surface area contributed by atoms with E-state index in [0.717, 1.165) is 20.5 Å². The van der Waals surface area contributed by atoms with Crippen LogP contribution in [0.25, 0.3) is 6.08 Å². The molecule has 0 radical (unpaired) electrons. The van der Waals surface area contributed by atoms with E-state index in [-0.39, 0.29) is 5.57 Å². The number of carbonyl (C=O) groups is 3. The van der Waals surface area contributed by atoms with Crippen molar-refractivity contribution in [3.63, 3.8) is 0 Å². The van der Waals surface area contributed by atoms with Crippen LogP contribution >= 0.6 is 31.9 Å². The van der Waals surface area contributed by atoms with Crippen molar-refractivity contribution in [1.82, 2.24) is 5.32 Å². The van der Waals surface area contributed by atoms with Gasteiger partial charge in [-0.25, -0.2) is 9.69 Å². The van der Waals surface area contributed by atoms with Gasteiger partial charge in [-0.3, -0.25) is 14.9 Å². The maximum atomic E-state index is 13.2. The van der Waals surface area contributed by atoms with E-state index in [0.29, 0.717) is 34.5 Å². The number of urea groups is 1. The maximum absolute atomic E-state index is 13.2. The van der Waals surface area contributed by atoms with Crippen molar-refractivity contribution in [2.24, 2.45) is 0 Å². The van der Waals surface area contributed by atoms with Gasteiger partial charge in [-0.1, -0.05) is 34.7 Å². The Labute approximate surface area is 202 Å². The van der Waals surface area contributed by atoms with Gasteiger partial charge in [0.05, 0.1) is 10.2 Å². The largest absolute Gasteiger partial charge is 0.488 e. The molecule has 0 saturated carbocycles. The molecule has 0 atom stereocenters. The monoisotopic (exact) mass is 558 g/mol. The summed E-state index contributed by atoms with van der Waals surface area (Å²) in [5.74, 6) is -0.819. The van der Waals surface area contributed by atoms with E-state index in [1.165, 1.54) is 6.08 Å². The lowest BCUT2D eigenvalue weighted by Crippen LogP contribution is -2.54. The average Bonchev–Trinajstić information content (AvgIpc) is 2.73. The van der Waals surface area contributed by atoms with Crippen LogP contribution in [-0.2, 0) is 16.0 Å². The first-order chi connectivity index (χ1) is 15.3. The summed E-state index contributed by atoms with van der Waals surface area (Å²) >= 11 is 6.89. The topological polar surface area (TPSA) is 75.7 Å². The number of amides is 4. The molecule has 0 aliphatic carbocycles. The summed E-state index contributed by atoms with van der Waals surface area (Å²) in [6, 6.07) is 7.82.